The molecule has 1 saturated heterocycles. The SMILES string of the molecule is CC1CCCC(C(=O)NC23CC4CC(CC(C4)C2)C3)N1. The van der Waals surface area contributed by atoms with Crippen molar-refractivity contribution in [3.8, 4) is 0 Å². The van der Waals surface area contributed by atoms with Crippen LogP contribution in [-0.2, 0) is 4.79 Å². The second kappa shape index (κ2) is 4.72. The number of rotatable bonds is 2. The predicted octanol–water partition coefficient (Wildman–Crippen LogP) is 2.60. The molecule has 3 nitrogen and oxygen atoms in total. The van der Waals surface area contributed by atoms with Crippen LogP contribution in [0.15, 0.2) is 0 Å². The van der Waals surface area contributed by atoms with Crippen molar-refractivity contribution in [3.05, 3.63) is 0 Å². The summed E-state index contributed by atoms with van der Waals surface area (Å²) in [5.74, 6) is 3.00. The topological polar surface area (TPSA) is 41.1 Å². The molecule has 5 fully saturated rings. The number of hydrogen-bond acceptors (Lipinski definition) is 2. The van der Waals surface area contributed by atoms with E-state index in [1.807, 2.05) is 0 Å². The van der Waals surface area contributed by atoms with Gasteiger partial charge in [0.2, 0.25) is 5.91 Å². The van der Waals surface area contributed by atoms with Gasteiger partial charge in [0.15, 0.2) is 0 Å². The minimum absolute atomic E-state index is 0.0618. The van der Waals surface area contributed by atoms with E-state index in [0.29, 0.717) is 11.9 Å². The molecule has 20 heavy (non-hydrogen) atoms. The van der Waals surface area contributed by atoms with Gasteiger partial charge in [-0.25, -0.2) is 0 Å². The molecule has 3 heteroatoms. The maximum atomic E-state index is 12.7. The van der Waals surface area contributed by atoms with Crippen molar-refractivity contribution < 1.29 is 4.79 Å². The Hall–Kier alpha value is -0.570. The third-order valence-electron chi connectivity index (χ3n) is 6.36. The lowest BCUT2D eigenvalue weighted by molar-refractivity contribution is -0.129. The Kier molecular flexibility index (Phi) is 3.10. The quantitative estimate of drug-likeness (QED) is 0.814. The van der Waals surface area contributed by atoms with Crippen molar-refractivity contribution >= 4 is 5.91 Å². The third-order valence-corrected chi connectivity index (χ3v) is 6.36. The molecule has 112 valence electrons. The molecule has 2 N–H and O–H groups in total. The summed E-state index contributed by atoms with van der Waals surface area (Å²) in [6.07, 6.45) is 11.5. The molecule has 5 rings (SSSR count). The van der Waals surface area contributed by atoms with Crippen LogP contribution in [0.25, 0.3) is 0 Å². The molecule has 0 aromatic carbocycles. The van der Waals surface area contributed by atoms with Crippen LogP contribution in [0.4, 0.5) is 0 Å². The fourth-order valence-corrected chi connectivity index (χ4v) is 5.96. The number of nitrogens with one attached hydrogen (secondary N) is 2. The van der Waals surface area contributed by atoms with Gasteiger partial charge in [-0.05, 0) is 82.5 Å². The van der Waals surface area contributed by atoms with Crippen LogP contribution in [0.2, 0.25) is 0 Å². The number of piperidine rings is 1. The lowest BCUT2D eigenvalue weighted by Crippen LogP contribution is -2.63. The first-order chi connectivity index (χ1) is 9.62. The second-order valence-electron chi connectivity index (χ2n) is 8.24. The molecule has 1 heterocycles. The normalized spacial score (nSPS) is 50.1. The van der Waals surface area contributed by atoms with Gasteiger partial charge in [-0.3, -0.25) is 4.79 Å². The van der Waals surface area contributed by atoms with E-state index in [9.17, 15) is 4.79 Å². The molecule has 1 aliphatic heterocycles. The smallest absolute Gasteiger partial charge is 0.237 e. The zero-order chi connectivity index (χ0) is 13.7. The summed E-state index contributed by atoms with van der Waals surface area (Å²) in [7, 11) is 0. The van der Waals surface area contributed by atoms with E-state index in [1.54, 1.807) is 0 Å². The zero-order valence-electron chi connectivity index (χ0n) is 12.7. The zero-order valence-corrected chi connectivity index (χ0v) is 12.7. The van der Waals surface area contributed by atoms with Gasteiger partial charge >= 0.3 is 0 Å². The first-order valence-electron chi connectivity index (χ1n) is 8.70. The number of hydrogen-bond donors (Lipinski definition) is 2. The molecular formula is C17H28N2O. The highest BCUT2D eigenvalue weighted by atomic mass is 16.2. The van der Waals surface area contributed by atoms with Gasteiger partial charge in [0.05, 0.1) is 6.04 Å². The van der Waals surface area contributed by atoms with E-state index < -0.39 is 0 Å². The van der Waals surface area contributed by atoms with Crippen molar-refractivity contribution in [2.24, 2.45) is 17.8 Å². The average molecular weight is 276 g/mol. The van der Waals surface area contributed by atoms with Gasteiger partial charge in [0.25, 0.3) is 0 Å². The number of carbonyl (C=O) groups excluding carboxylic acids is 1. The monoisotopic (exact) mass is 276 g/mol. The van der Waals surface area contributed by atoms with Crippen molar-refractivity contribution in [1.29, 1.82) is 0 Å². The van der Waals surface area contributed by atoms with Gasteiger partial charge in [-0.15, -0.1) is 0 Å². The van der Waals surface area contributed by atoms with Crippen LogP contribution in [0.5, 0.6) is 0 Å². The maximum Gasteiger partial charge on any atom is 0.237 e. The Morgan fingerprint density at radius 3 is 2.20 bits per heavy atom. The Balaban J connectivity index is 1.44. The first-order valence-corrected chi connectivity index (χ1v) is 8.70. The van der Waals surface area contributed by atoms with Crippen LogP contribution in [0, 0.1) is 17.8 Å². The predicted molar refractivity (Wildman–Crippen MR) is 79.3 cm³/mol. The fraction of sp³-hybridized carbons (Fsp3) is 0.941. The van der Waals surface area contributed by atoms with Gasteiger partial charge in [0.1, 0.15) is 0 Å². The third kappa shape index (κ3) is 2.28. The van der Waals surface area contributed by atoms with Crippen LogP contribution in [0.3, 0.4) is 0 Å². The Morgan fingerprint density at radius 1 is 1.05 bits per heavy atom. The first kappa shape index (κ1) is 13.1. The highest BCUT2D eigenvalue weighted by Gasteiger charge is 2.51. The van der Waals surface area contributed by atoms with Gasteiger partial charge in [-0.1, -0.05) is 0 Å². The second-order valence-corrected chi connectivity index (χ2v) is 8.24. The van der Waals surface area contributed by atoms with Gasteiger partial charge in [0, 0.05) is 11.6 Å². The minimum atomic E-state index is 0.0618. The van der Waals surface area contributed by atoms with Crippen LogP contribution in [0.1, 0.15) is 64.7 Å². The van der Waals surface area contributed by atoms with Crippen molar-refractivity contribution in [1.82, 2.24) is 10.6 Å². The van der Waals surface area contributed by atoms with E-state index >= 15 is 0 Å². The fourth-order valence-electron chi connectivity index (χ4n) is 5.96. The summed E-state index contributed by atoms with van der Waals surface area (Å²) in [6.45, 7) is 2.20. The number of amides is 1. The summed E-state index contributed by atoms with van der Waals surface area (Å²) in [5, 5.41) is 7.00. The summed E-state index contributed by atoms with van der Waals surface area (Å²) in [6, 6.07) is 0.558. The minimum Gasteiger partial charge on any atom is -0.349 e. The summed E-state index contributed by atoms with van der Waals surface area (Å²) in [4.78, 5) is 12.7. The van der Waals surface area contributed by atoms with Crippen molar-refractivity contribution in [2.75, 3.05) is 0 Å². The summed E-state index contributed by atoms with van der Waals surface area (Å²) < 4.78 is 0. The van der Waals surface area contributed by atoms with Crippen molar-refractivity contribution in [2.45, 2.75) is 82.3 Å². The molecule has 0 aromatic heterocycles. The highest BCUT2D eigenvalue weighted by Crippen LogP contribution is 2.55. The molecule has 4 saturated carbocycles. The lowest BCUT2D eigenvalue weighted by atomic mass is 9.53. The molecule has 2 unspecified atom stereocenters. The highest BCUT2D eigenvalue weighted by molar-refractivity contribution is 5.82. The molecule has 4 bridgehead atoms. The molecule has 0 aromatic rings. The van der Waals surface area contributed by atoms with Crippen LogP contribution in [-0.4, -0.2) is 23.5 Å². The molecule has 2 atom stereocenters. The van der Waals surface area contributed by atoms with E-state index in [0.717, 1.165) is 24.2 Å². The van der Waals surface area contributed by atoms with E-state index in [-0.39, 0.29) is 11.6 Å². The van der Waals surface area contributed by atoms with Gasteiger partial charge < -0.3 is 10.6 Å². The van der Waals surface area contributed by atoms with Crippen LogP contribution < -0.4 is 10.6 Å². The van der Waals surface area contributed by atoms with E-state index in [2.05, 4.69) is 17.6 Å². The average Bonchev–Trinajstić information content (AvgIpc) is 2.36. The molecule has 4 aliphatic carbocycles. The van der Waals surface area contributed by atoms with Crippen LogP contribution >= 0.6 is 0 Å². The summed E-state index contributed by atoms with van der Waals surface area (Å²) >= 11 is 0. The standard InChI is InChI=1S/C17H28N2O/c1-11-3-2-4-15(18-11)16(20)19-17-8-12-5-13(9-17)7-14(6-12)10-17/h11-15,18H,2-10H2,1H3,(H,19,20). The Labute approximate surface area is 122 Å². The molecular weight excluding hydrogens is 248 g/mol. The molecule has 0 radical (unpaired) electrons. The molecule has 1 amide bonds. The largest absolute Gasteiger partial charge is 0.349 e. The lowest BCUT2D eigenvalue weighted by Gasteiger charge is -2.57. The maximum absolute atomic E-state index is 12.7. The Morgan fingerprint density at radius 2 is 1.65 bits per heavy atom. The number of carbonyl (C=O) groups is 1. The molecule has 0 spiro atoms. The Bertz CT molecular complexity index is 371. The molecule has 5 aliphatic rings. The van der Waals surface area contributed by atoms with E-state index in [4.69, 9.17) is 0 Å². The van der Waals surface area contributed by atoms with E-state index in [1.165, 1.54) is 51.4 Å². The summed E-state index contributed by atoms with van der Waals surface area (Å²) in [5.41, 5.74) is 0.175. The van der Waals surface area contributed by atoms with Crippen molar-refractivity contribution in [3.63, 3.8) is 0 Å². The van der Waals surface area contributed by atoms with Gasteiger partial charge in [-0.2, -0.15) is 0 Å².